The van der Waals surface area contributed by atoms with Crippen molar-refractivity contribution in [1.82, 2.24) is 19.5 Å². The fourth-order valence-electron chi connectivity index (χ4n) is 6.60. The van der Waals surface area contributed by atoms with Crippen LogP contribution in [0, 0.1) is 0 Å². The Labute approximate surface area is 277 Å². The minimum absolute atomic E-state index is 0.543. The number of hydrogen-bond acceptors (Lipinski definition) is 4. The minimum atomic E-state index is 0.543. The summed E-state index contributed by atoms with van der Waals surface area (Å²) < 4.78 is 2.24. The highest BCUT2D eigenvalue weighted by Gasteiger charge is 2.17. The number of benzene rings is 6. The molecule has 0 fully saturated rings. The second kappa shape index (κ2) is 11.6. The van der Waals surface area contributed by atoms with Gasteiger partial charge < -0.3 is 9.88 Å². The molecule has 48 heavy (non-hydrogen) atoms. The third-order valence-electron chi connectivity index (χ3n) is 8.91. The van der Waals surface area contributed by atoms with Gasteiger partial charge in [-0.2, -0.15) is 0 Å². The number of anilines is 2. The van der Waals surface area contributed by atoms with Gasteiger partial charge in [0.2, 0.25) is 5.95 Å². The quantitative estimate of drug-likeness (QED) is 0.202. The molecule has 0 radical (unpaired) electrons. The molecule has 3 aromatic heterocycles. The molecular formula is C43H29N5. The van der Waals surface area contributed by atoms with Gasteiger partial charge in [0.05, 0.1) is 22.4 Å². The maximum Gasteiger partial charge on any atom is 0.228 e. The molecule has 0 aliphatic carbocycles. The van der Waals surface area contributed by atoms with E-state index >= 15 is 0 Å². The van der Waals surface area contributed by atoms with E-state index < -0.39 is 0 Å². The number of fused-ring (bicyclic) bond motifs is 3. The van der Waals surface area contributed by atoms with E-state index in [-0.39, 0.29) is 0 Å². The lowest BCUT2D eigenvalue weighted by Crippen LogP contribution is -2.02. The highest BCUT2D eigenvalue weighted by atomic mass is 15.1. The summed E-state index contributed by atoms with van der Waals surface area (Å²) in [5, 5.41) is 8.20. The second-order valence-electron chi connectivity index (χ2n) is 11.8. The lowest BCUT2D eigenvalue weighted by atomic mass is 9.97. The van der Waals surface area contributed by atoms with Crippen LogP contribution in [-0.4, -0.2) is 19.5 Å². The zero-order valence-corrected chi connectivity index (χ0v) is 26.0. The van der Waals surface area contributed by atoms with Gasteiger partial charge in [-0.3, -0.25) is 4.98 Å². The first-order chi connectivity index (χ1) is 23.8. The Morgan fingerprint density at radius 3 is 2.12 bits per heavy atom. The monoisotopic (exact) mass is 615 g/mol. The molecule has 0 saturated carbocycles. The maximum atomic E-state index is 5.14. The lowest BCUT2D eigenvalue weighted by molar-refractivity contribution is 1.13. The van der Waals surface area contributed by atoms with E-state index in [2.05, 4.69) is 136 Å². The molecule has 0 bridgehead atoms. The van der Waals surface area contributed by atoms with Crippen molar-refractivity contribution < 1.29 is 0 Å². The molecule has 0 amide bonds. The molecule has 9 aromatic rings. The summed E-state index contributed by atoms with van der Waals surface area (Å²) in [6.07, 6.45) is 3.97. The van der Waals surface area contributed by atoms with Gasteiger partial charge in [0.25, 0.3) is 0 Å². The molecule has 5 nitrogen and oxygen atoms in total. The van der Waals surface area contributed by atoms with Crippen LogP contribution in [0.15, 0.2) is 170 Å². The van der Waals surface area contributed by atoms with E-state index in [0.717, 1.165) is 66.8 Å². The molecule has 0 saturated heterocycles. The molecule has 1 N–H and O–H groups in total. The van der Waals surface area contributed by atoms with Gasteiger partial charge in [-0.15, -0.1) is 0 Å². The van der Waals surface area contributed by atoms with Gasteiger partial charge in [-0.25, -0.2) is 9.97 Å². The van der Waals surface area contributed by atoms with Crippen LogP contribution in [0.3, 0.4) is 0 Å². The predicted molar refractivity (Wildman–Crippen MR) is 198 cm³/mol. The molecule has 3 heterocycles. The van der Waals surface area contributed by atoms with Crippen molar-refractivity contribution in [3.8, 4) is 39.3 Å². The molecule has 0 spiro atoms. The maximum absolute atomic E-state index is 5.14. The molecule has 9 rings (SSSR count). The molecule has 6 aromatic carbocycles. The number of para-hydroxylation sites is 2. The van der Waals surface area contributed by atoms with Gasteiger partial charge in [0.15, 0.2) is 0 Å². The smallest absolute Gasteiger partial charge is 0.228 e. The summed E-state index contributed by atoms with van der Waals surface area (Å²) in [4.78, 5) is 14.7. The standard InChI is InChI=1S/C43H29N5/c1-2-12-34(13-3-1)48-27-25-36-40(48)24-23-39(41(36)33-22-17-29-10-4-5-11-32(29)28-33)46-43-45-38-16-7-6-14-35(38)42(47-43)31-20-18-30(19-21-31)37-15-8-9-26-44-37/h1-28H,(H,45,46,47). The molecule has 0 aliphatic rings. The number of nitrogens with zero attached hydrogens (tertiary/aromatic N) is 4. The SMILES string of the molecule is c1ccc(-n2ccc3c(-c4ccc5ccccc5c4)c(Nc4nc(-c5ccc(-c6ccccn6)cc5)c5ccccc5n4)ccc32)cc1. The summed E-state index contributed by atoms with van der Waals surface area (Å²) in [6.45, 7) is 0. The van der Waals surface area contributed by atoms with Gasteiger partial charge in [0, 0.05) is 51.2 Å². The van der Waals surface area contributed by atoms with E-state index in [1.807, 2.05) is 48.7 Å². The van der Waals surface area contributed by atoms with Crippen molar-refractivity contribution in [2.45, 2.75) is 0 Å². The number of nitrogens with one attached hydrogen (secondary N) is 1. The highest BCUT2D eigenvalue weighted by Crippen LogP contribution is 2.40. The molecule has 226 valence electrons. The van der Waals surface area contributed by atoms with Gasteiger partial charge in [0.1, 0.15) is 0 Å². The second-order valence-corrected chi connectivity index (χ2v) is 11.8. The van der Waals surface area contributed by atoms with Crippen molar-refractivity contribution in [1.29, 1.82) is 0 Å². The average Bonchev–Trinajstić information content (AvgIpc) is 3.59. The Hall–Kier alpha value is -6.59. The Morgan fingerprint density at radius 2 is 1.27 bits per heavy atom. The highest BCUT2D eigenvalue weighted by molar-refractivity contribution is 6.05. The summed E-state index contributed by atoms with van der Waals surface area (Å²) in [6, 6.07) is 54.7. The summed E-state index contributed by atoms with van der Waals surface area (Å²) in [5.74, 6) is 0.543. The predicted octanol–water partition coefficient (Wildman–Crippen LogP) is 10.9. The van der Waals surface area contributed by atoms with Crippen LogP contribution in [0.5, 0.6) is 0 Å². The van der Waals surface area contributed by atoms with Gasteiger partial charge >= 0.3 is 0 Å². The molecule has 0 unspecified atom stereocenters. The minimum Gasteiger partial charge on any atom is -0.324 e. The van der Waals surface area contributed by atoms with Gasteiger partial charge in [-0.05, 0) is 70.9 Å². The summed E-state index contributed by atoms with van der Waals surface area (Å²) >= 11 is 0. The first kappa shape index (κ1) is 27.7. The molecule has 0 atom stereocenters. The number of aromatic nitrogens is 4. The van der Waals surface area contributed by atoms with Crippen LogP contribution < -0.4 is 5.32 Å². The van der Waals surface area contributed by atoms with E-state index in [0.29, 0.717) is 5.95 Å². The topological polar surface area (TPSA) is 55.6 Å². The number of rotatable bonds is 6. The van der Waals surface area contributed by atoms with E-state index in [9.17, 15) is 0 Å². The van der Waals surface area contributed by atoms with Crippen molar-refractivity contribution >= 4 is 44.2 Å². The summed E-state index contributed by atoms with van der Waals surface area (Å²) in [5.41, 5.74) is 10.2. The van der Waals surface area contributed by atoms with Crippen molar-refractivity contribution in [2.75, 3.05) is 5.32 Å². The zero-order valence-electron chi connectivity index (χ0n) is 26.0. The fourth-order valence-corrected chi connectivity index (χ4v) is 6.60. The lowest BCUT2D eigenvalue weighted by Gasteiger charge is -2.16. The Morgan fingerprint density at radius 1 is 0.521 bits per heavy atom. The number of hydrogen-bond donors (Lipinski definition) is 1. The van der Waals surface area contributed by atoms with Crippen molar-refractivity contribution in [3.63, 3.8) is 0 Å². The Kier molecular flexibility index (Phi) is 6.72. The largest absolute Gasteiger partial charge is 0.324 e. The third kappa shape index (κ3) is 4.95. The normalized spacial score (nSPS) is 11.3. The van der Waals surface area contributed by atoms with Crippen LogP contribution in [-0.2, 0) is 0 Å². The molecular weight excluding hydrogens is 587 g/mol. The Bertz CT molecular complexity index is 2570. The van der Waals surface area contributed by atoms with Crippen molar-refractivity contribution in [3.05, 3.63) is 170 Å². The van der Waals surface area contributed by atoms with E-state index in [1.54, 1.807) is 0 Å². The van der Waals surface area contributed by atoms with Crippen LogP contribution in [0.25, 0.3) is 71.9 Å². The third-order valence-corrected chi connectivity index (χ3v) is 8.91. The summed E-state index contributed by atoms with van der Waals surface area (Å²) in [7, 11) is 0. The van der Waals surface area contributed by atoms with Gasteiger partial charge in [-0.1, -0.05) is 103 Å². The van der Waals surface area contributed by atoms with Crippen molar-refractivity contribution in [2.24, 2.45) is 0 Å². The zero-order chi connectivity index (χ0) is 31.9. The van der Waals surface area contributed by atoms with Crippen LogP contribution in [0.1, 0.15) is 0 Å². The Balaban J connectivity index is 1.19. The average molecular weight is 616 g/mol. The van der Waals surface area contributed by atoms with Crippen LogP contribution in [0.4, 0.5) is 11.6 Å². The molecule has 5 heteroatoms. The van der Waals surface area contributed by atoms with E-state index in [4.69, 9.17) is 9.97 Å². The van der Waals surface area contributed by atoms with Crippen LogP contribution in [0.2, 0.25) is 0 Å². The van der Waals surface area contributed by atoms with Crippen LogP contribution >= 0.6 is 0 Å². The molecule has 0 aliphatic heterocycles. The number of pyridine rings is 1. The first-order valence-corrected chi connectivity index (χ1v) is 16.0. The fraction of sp³-hybridized carbons (Fsp3) is 0. The van der Waals surface area contributed by atoms with E-state index in [1.165, 1.54) is 10.8 Å². The first-order valence-electron chi connectivity index (χ1n) is 16.0.